The molecular weight excluding hydrogens is 452 g/mol. The Morgan fingerprint density at radius 3 is 2.03 bits per heavy atom. The van der Waals surface area contributed by atoms with E-state index in [1.807, 2.05) is 5.51 Å². The molecule has 0 aliphatic carbocycles. The second-order valence-corrected chi connectivity index (χ2v) is 14.7. The summed E-state index contributed by atoms with van der Waals surface area (Å²) in [6.45, 7) is 9.78. The average molecular weight is 487 g/mol. The van der Waals surface area contributed by atoms with Crippen LogP contribution in [-0.2, 0) is 17.3 Å². The molecule has 0 bridgehead atoms. The van der Waals surface area contributed by atoms with Crippen LogP contribution in [0.5, 0.6) is 0 Å². The van der Waals surface area contributed by atoms with Crippen LogP contribution in [0.25, 0.3) is 0 Å². The van der Waals surface area contributed by atoms with Crippen LogP contribution in [0.2, 0.25) is 5.04 Å². The van der Waals surface area contributed by atoms with Crippen LogP contribution in [0.1, 0.15) is 39.0 Å². The molecule has 1 aromatic heterocycles. The summed E-state index contributed by atoms with van der Waals surface area (Å²) < 4.78 is 7.11. The van der Waals surface area contributed by atoms with Crippen LogP contribution >= 0.6 is 11.3 Å². The summed E-state index contributed by atoms with van der Waals surface area (Å²) in [4.78, 5) is 4.49. The van der Waals surface area contributed by atoms with Gasteiger partial charge in [0.05, 0.1) is 11.2 Å². The van der Waals surface area contributed by atoms with Gasteiger partial charge in [-0.25, -0.2) is 4.98 Å². The van der Waals surface area contributed by atoms with E-state index >= 15 is 0 Å². The highest BCUT2D eigenvalue weighted by atomic mass is 32.1. The summed E-state index contributed by atoms with van der Waals surface area (Å²) in [5, 5.41) is 7.37. The predicted octanol–water partition coefficient (Wildman–Crippen LogP) is 6.57. The quantitative estimate of drug-likeness (QED) is 0.272. The molecule has 4 rings (SSSR count). The lowest BCUT2D eigenvalue weighted by atomic mass is 10.1. The molecule has 3 aromatic carbocycles. The largest absolute Gasteiger partial charge is 0.407 e. The number of nitrogens with zero attached hydrogens (tertiary/aromatic N) is 1. The van der Waals surface area contributed by atoms with E-state index in [0.29, 0.717) is 6.61 Å². The number of nitrogens with one attached hydrogen (secondary N) is 1. The topological polar surface area (TPSA) is 34.2 Å². The number of aryl methyl sites for hydroxylation is 1. The monoisotopic (exact) mass is 486 g/mol. The molecule has 0 atom stereocenters. The number of para-hydroxylation sites is 1. The van der Waals surface area contributed by atoms with Gasteiger partial charge in [0.1, 0.15) is 5.00 Å². The van der Waals surface area contributed by atoms with E-state index in [2.05, 4.69) is 123 Å². The second-order valence-electron chi connectivity index (χ2n) is 9.53. The molecule has 0 aliphatic heterocycles. The second kappa shape index (κ2) is 10.7. The van der Waals surface area contributed by atoms with E-state index < -0.39 is 8.32 Å². The zero-order chi connectivity index (χ0) is 24.0. The lowest BCUT2D eigenvalue weighted by molar-refractivity contribution is 0.302. The molecule has 5 heteroatoms. The van der Waals surface area contributed by atoms with Crippen LogP contribution in [0.15, 0.2) is 90.4 Å². The van der Waals surface area contributed by atoms with Crippen LogP contribution < -0.4 is 15.7 Å². The first-order chi connectivity index (χ1) is 16.5. The van der Waals surface area contributed by atoms with Crippen molar-refractivity contribution < 1.29 is 4.43 Å². The van der Waals surface area contributed by atoms with Crippen molar-refractivity contribution in [2.75, 3.05) is 11.9 Å². The maximum Gasteiger partial charge on any atom is 0.261 e. The Morgan fingerprint density at radius 1 is 0.853 bits per heavy atom. The van der Waals surface area contributed by atoms with E-state index in [9.17, 15) is 0 Å². The van der Waals surface area contributed by atoms with Gasteiger partial charge in [-0.3, -0.25) is 0 Å². The lowest BCUT2D eigenvalue weighted by Crippen LogP contribution is -2.66. The van der Waals surface area contributed by atoms with Gasteiger partial charge in [-0.15, -0.1) is 11.3 Å². The molecule has 0 aliphatic rings. The molecule has 34 heavy (non-hydrogen) atoms. The van der Waals surface area contributed by atoms with Gasteiger partial charge < -0.3 is 9.74 Å². The number of thiazole rings is 1. The van der Waals surface area contributed by atoms with Gasteiger partial charge in [0.2, 0.25) is 0 Å². The molecule has 176 valence electrons. The van der Waals surface area contributed by atoms with Gasteiger partial charge in [0.15, 0.2) is 0 Å². The standard InChI is InChI=1S/C29H34N2OSSi/c1-5-26-28(33-22-30-26)31-27-19-13-12-14-23(27)20-21-32-34(29(2,3)4,24-15-8-6-9-16-24)25-17-10-7-11-18-25/h6-19,22,31H,5,20-21H2,1-4H3. The Kier molecular flexibility index (Phi) is 7.66. The van der Waals surface area contributed by atoms with E-state index in [-0.39, 0.29) is 5.04 Å². The van der Waals surface area contributed by atoms with Crippen LogP contribution in [0.4, 0.5) is 10.7 Å². The summed E-state index contributed by atoms with van der Waals surface area (Å²) in [5.41, 5.74) is 5.42. The maximum atomic E-state index is 7.11. The Balaban J connectivity index is 1.63. The fourth-order valence-corrected chi connectivity index (χ4v) is 10.0. The molecule has 0 saturated heterocycles. The molecule has 0 amide bonds. The number of rotatable bonds is 9. The van der Waals surface area contributed by atoms with E-state index in [1.54, 1.807) is 11.3 Å². The van der Waals surface area contributed by atoms with Crippen molar-refractivity contribution in [2.45, 2.75) is 45.6 Å². The molecular formula is C29H34N2OSSi. The van der Waals surface area contributed by atoms with Gasteiger partial charge in [-0.1, -0.05) is 107 Å². The fourth-order valence-electron chi connectivity index (χ4n) is 4.68. The van der Waals surface area contributed by atoms with Crippen molar-refractivity contribution in [3.8, 4) is 0 Å². The fraction of sp³-hybridized carbons (Fsp3) is 0.276. The Hall–Kier alpha value is -2.73. The summed E-state index contributed by atoms with van der Waals surface area (Å²) in [6.07, 6.45) is 1.76. The summed E-state index contributed by atoms with van der Waals surface area (Å²) >= 11 is 1.66. The molecule has 0 unspecified atom stereocenters. The zero-order valence-electron chi connectivity index (χ0n) is 20.5. The zero-order valence-corrected chi connectivity index (χ0v) is 22.4. The van der Waals surface area contributed by atoms with E-state index in [1.165, 1.54) is 15.9 Å². The van der Waals surface area contributed by atoms with Crippen LogP contribution in [0.3, 0.4) is 0 Å². The molecule has 3 nitrogen and oxygen atoms in total. The van der Waals surface area contributed by atoms with Crippen molar-refractivity contribution in [3.05, 3.63) is 102 Å². The summed E-state index contributed by atoms with van der Waals surface area (Å²) in [6, 6.07) is 30.2. The number of benzene rings is 3. The lowest BCUT2D eigenvalue weighted by Gasteiger charge is -2.43. The van der Waals surface area contributed by atoms with E-state index in [0.717, 1.165) is 29.2 Å². The molecule has 4 aromatic rings. The minimum Gasteiger partial charge on any atom is -0.407 e. The maximum absolute atomic E-state index is 7.11. The smallest absolute Gasteiger partial charge is 0.261 e. The normalized spacial score (nSPS) is 12.0. The SMILES string of the molecule is CCc1ncsc1Nc1ccccc1CCO[Si](c1ccccc1)(c1ccccc1)C(C)(C)C. The Morgan fingerprint density at radius 2 is 1.44 bits per heavy atom. The Bertz CT molecular complexity index is 1150. The third-order valence-corrected chi connectivity index (χ3v) is 12.2. The number of aromatic nitrogens is 1. The van der Waals surface area contributed by atoms with Gasteiger partial charge in [-0.2, -0.15) is 0 Å². The van der Waals surface area contributed by atoms with Gasteiger partial charge >= 0.3 is 0 Å². The van der Waals surface area contributed by atoms with Crippen LogP contribution in [0, 0.1) is 0 Å². The van der Waals surface area contributed by atoms with Crippen LogP contribution in [-0.4, -0.2) is 19.9 Å². The first-order valence-corrected chi connectivity index (χ1v) is 14.8. The van der Waals surface area contributed by atoms with Crippen molar-refractivity contribution in [1.82, 2.24) is 4.98 Å². The molecule has 0 radical (unpaired) electrons. The predicted molar refractivity (Wildman–Crippen MR) is 148 cm³/mol. The van der Waals surface area contributed by atoms with Gasteiger partial charge in [0, 0.05) is 12.3 Å². The van der Waals surface area contributed by atoms with Crippen molar-refractivity contribution in [3.63, 3.8) is 0 Å². The molecule has 0 spiro atoms. The summed E-state index contributed by atoms with van der Waals surface area (Å²) in [7, 11) is -2.53. The molecule has 0 fully saturated rings. The van der Waals surface area contributed by atoms with Gasteiger partial charge in [-0.05, 0) is 39.9 Å². The highest BCUT2D eigenvalue weighted by Crippen LogP contribution is 2.37. The number of hydrogen-bond donors (Lipinski definition) is 1. The molecule has 0 saturated carbocycles. The van der Waals surface area contributed by atoms with E-state index in [4.69, 9.17) is 4.43 Å². The van der Waals surface area contributed by atoms with Gasteiger partial charge in [0.25, 0.3) is 8.32 Å². The third kappa shape index (κ3) is 5.02. The van der Waals surface area contributed by atoms with Crippen molar-refractivity contribution in [2.24, 2.45) is 0 Å². The van der Waals surface area contributed by atoms with Crippen molar-refractivity contribution in [1.29, 1.82) is 0 Å². The first kappa shape index (κ1) is 24.4. The third-order valence-electron chi connectivity index (χ3n) is 6.35. The average Bonchev–Trinajstić information content (AvgIpc) is 3.30. The molecule has 1 N–H and O–H groups in total. The Labute approximate surface area is 209 Å². The number of anilines is 2. The molecule has 1 heterocycles. The summed E-state index contributed by atoms with van der Waals surface area (Å²) in [5.74, 6) is 0. The minimum atomic E-state index is -2.53. The highest BCUT2D eigenvalue weighted by Gasteiger charge is 2.49. The first-order valence-electron chi connectivity index (χ1n) is 12.0. The minimum absolute atomic E-state index is 0.0217. The van der Waals surface area contributed by atoms with Crippen molar-refractivity contribution >= 4 is 40.7 Å². The number of hydrogen-bond acceptors (Lipinski definition) is 4. The highest BCUT2D eigenvalue weighted by molar-refractivity contribution is 7.14.